The van der Waals surface area contributed by atoms with Crippen molar-refractivity contribution < 1.29 is 9.53 Å². The van der Waals surface area contributed by atoms with Gasteiger partial charge in [-0.1, -0.05) is 43.7 Å². The highest BCUT2D eigenvalue weighted by Gasteiger charge is 2.09. The molecule has 1 aromatic carbocycles. The summed E-state index contributed by atoms with van der Waals surface area (Å²) in [5, 5.41) is 0. The van der Waals surface area contributed by atoms with Gasteiger partial charge in [-0.3, -0.25) is 4.79 Å². The molecule has 3 nitrogen and oxygen atoms in total. The number of rotatable bonds is 7. The number of carbonyl (C=O) groups excluding carboxylic acids is 1. The summed E-state index contributed by atoms with van der Waals surface area (Å²) >= 11 is 0. The van der Waals surface area contributed by atoms with Gasteiger partial charge in [-0.15, -0.1) is 0 Å². The monoisotopic (exact) mass is 235 g/mol. The Kier molecular flexibility index (Phi) is 6.33. The van der Waals surface area contributed by atoms with Gasteiger partial charge in [-0.2, -0.15) is 0 Å². The molecule has 0 aromatic heterocycles. The second-order valence-electron chi connectivity index (χ2n) is 4.13. The lowest BCUT2D eigenvalue weighted by Crippen LogP contribution is -2.14. The highest BCUT2D eigenvalue weighted by atomic mass is 16.5. The lowest BCUT2D eigenvalue weighted by Gasteiger charge is -2.11. The normalized spacial score (nSPS) is 12.1. The summed E-state index contributed by atoms with van der Waals surface area (Å²) in [6, 6.07) is 9.73. The number of ether oxygens (including phenoxy) is 1. The second-order valence-corrected chi connectivity index (χ2v) is 4.13. The molecule has 0 amide bonds. The third kappa shape index (κ3) is 5.50. The SMILES string of the molecule is CCCCOC(=O)CCC(N)c1ccccc1. The first-order valence-electron chi connectivity index (χ1n) is 6.20. The number of hydrogen-bond donors (Lipinski definition) is 1. The summed E-state index contributed by atoms with van der Waals surface area (Å²) in [4.78, 5) is 11.4. The van der Waals surface area contributed by atoms with Crippen LogP contribution in [0.1, 0.15) is 44.2 Å². The van der Waals surface area contributed by atoms with Gasteiger partial charge in [0.15, 0.2) is 0 Å². The van der Waals surface area contributed by atoms with Crippen LogP contribution in [-0.4, -0.2) is 12.6 Å². The highest BCUT2D eigenvalue weighted by molar-refractivity contribution is 5.69. The van der Waals surface area contributed by atoms with Gasteiger partial charge in [0.2, 0.25) is 0 Å². The third-order valence-electron chi connectivity index (χ3n) is 2.65. The zero-order valence-corrected chi connectivity index (χ0v) is 10.4. The van der Waals surface area contributed by atoms with E-state index in [1.165, 1.54) is 0 Å². The van der Waals surface area contributed by atoms with Gasteiger partial charge in [-0.05, 0) is 18.4 Å². The molecule has 3 heteroatoms. The Morgan fingerprint density at radius 3 is 2.71 bits per heavy atom. The largest absolute Gasteiger partial charge is 0.466 e. The topological polar surface area (TPSA) is 52.3 Å². The van der Waals surface area contributed by atoms with Gasteiger partial charge >= 0.3 is 5.97 Å². The van der Waals surface area contributed by atoms with Crippen LogP contribution in [-0.2, 0) is 9.53 Å². The second kappa shape index (κ2) is 7.85. The number of esters is 1. The van der Waals surface area contributed by atoms with Gasteiger partial charge in [0.25, 0.3) is 0 Å². The summed E-state index contributed by atoms with van der Waals surface area (Å²) in [6.45, 7) is 2.59. The van der Waals surface area contributed by atoms with Crippen LogP contribution >= 0.6 is 0 Å². The zero-order valence-electron chi connectivity index (χ0n) is 10.4. The minimum Gasteiger partial charge on any atom is -0.466 e. The molecule has 0 aliphatic rings. The molecule has 0 bridgehead atoms. The average Bonchev–Trinajstić information content (AvgIpc) is 2.37. The first-order valence-corrected chi connectivity index (χ1v) is 6.20. The lowest BCUT2D eigenvalue weighted by molar-refractivity contribution is -0.143. The van der Waals surface area contributed by atoms with Crippen molar-refractivity contribution >= 4 is 5.97 Å². The number of carbonyl (C=O) groups is 1. The molecule has 1 aromatic rings. The van der Waals surface area contributed by atoms with Crippen LogP contribution in [0.4, 0.5) is 0 Å². The van der Waals surface area contributed by atoms with E-state index in [4.69, 9.17) is 10.5 Å². The lowest BCUT2D eigenvalue weighted by atomic mass is 10.0. The van der Waals surface area contributed by atoms with Gasteiger partial charge in [0, 0.05) is 12.5 Å². The van der Waals surface area contributed by atoms with Crippen molar-refractivity contribution in [2.45, 2.75) is 38.6 Å². The van der Waals surface area contributed by atoms with E-state index in [0.717, 1.165) is 18.4 Å². The predicted molar refractivity (Wildman–Crippen MR) is 68.5 cm³/mol. The maximum atomic E-state index is 11.4. The number of unbranched alkanes of at least 4 members (excludes halogenated alkanes) is 1. The average molecular weight is 235 g/mol. The summed E-state index contributed by atoms with van der Waals surface area (Å²) in [7, 11) is 0. The maximum absolute atomic E-state index is 11.4. The molecule has 0 fully saturated rings. The Labute approximate surface area is 103 Å². The van der Waals surface area contributed by atoms with E-state index in [9.17, 15) is 4.79 Å². The van der Waals surface area contributed by atoms with Crippen molar-refractivity contribution in [2.24, 2.45) is 5.73 Å². The van der Waals surface area contributed by atoms with Crippen LogP contribution in [0.25, 0.3) is 0 Å². The Morgan fingerprint density at radius 2 is 2.06 bits per heavy atom. The smallest absolute Gasteiger partial charge is 0.305 e. The summed E-state index contributed by atoms with van der Waals surface area (Å²) in [5.41, 5.74) is 7.05. The molecular formula is C14H21NO2. The van der Waals surface area contributed by atoms with Crippen molar-refractivity contribution in [2.75, 3.05) is 6.61 Å². The van der Waals surface area contributed by atoms with Crippen LogP contribution < -0.4 is 5.73 Å². The molecule has 1 atom stereocenters. The minimum atomic E-state index is -0.148. The van der Waals surface area contributed by atoms with Gasteiger partial charge in [-0.25, -0.2) is 0 Å². The quantitative estimate of drug-likeness (QED) is 0.584. The van der Waals surface area contributed by atoms with Crippen molar-refractivity contribution in [1.82, 2.24) is 0 Å². The number of benzene rings is 1. The van der Waals surface area contributed by atoms with Crippen LogP contribution in [0, 0.1) is 0 Å². The predicted octanol–water partition coefficient (Wildman–Crippen LogP) is 2.81. The molecule has 0 radical (unpaired) electrons. The Bertz CT molecular complexity index is 324. The third-order valence-corrected chi connectivity index (χ3v) is 2.65. The van der Waals surface area contributed by atoms with E-state index in [2.05, 4.69) is 6.92 Å². The highest BCUT2D eigenvalue weighted by Crippen LogP contribution is 2.15. The summed E-state index contributed by atoms with van der Waals surface area (Å²) < 4.78 is 5.07. The molecule has 1 rings (SSSR count). The number of nitrogens with two attached hydrogens (primary N) is 1. The van der Waals surface area contributed by atoms with Crippen molar-refractivity contribution in [3.05, 3.63) is 35.9 Å². The molecular weight excluding hydrogens is 214 g/mol. The molecule has 0 saturated heterocycles. The summed E-state index contributed by atoms with van der Waals surface area (Å²) in [5.74, 6) is -0.148. The van der Waals surface area contributed by atoms with E-state index in [1.54, 1.807) is 0 Å². The van der Waals surface area contributed by atoms with E-state index < -0.39 is 0 Å². The standard InChI is InChI=1S/C14H21NO2/c1-2-3-11-17-14(16)10-9-13(15)12-7-5-4-6-8-12/h4-8,13H,2-3,9-11,15H2,1H3. The van der Waals surface area contributed by atoms with Crippen molar-refractivity contribution in [1.29, 1.82) is 0 Å². The Hall–Kier alpha value is -1.35. The Morgan fingerprint density at radius 1 is 1.35 bits per heavy atom. The van der Waals surface area contributed by atoms with E-state index in [0.29, 0.717) is 19.4 Å². The molecule has 0 spiro atoms. The fraction of sp³-hybridized carbons (Fsp3) is 0.500. The molecule has 0 saturated carbocycles. The minimum absolute atomic E-state index is 0.0880. The molecule has 2 N–H and O–H groups in total. The molecule has 94 valence electrons. The number of hydrogen-bond acceptors (Lipinski definition) is 3. The van der Waals surface area contributed by atoms with Crippen LogP contribution in [0.2, 0.25) is 0 Å². The van der Waals surface area contributed by atoms with Crippen LogP contribution in [0.3, 0.4) is 0 Å². The van der Waals surface area contributed by atoms with E-state index in [1.807, 2.05) is 30.3 Å². The fourth-order valence-corrected chi connectivity index (χ4v) is 1.54. The molecule has 1 unspecified atom stereocenters. The van der Waals surface area contributed by atoms with Gasteiger partial charge in [0.1, 0.15) is 0 Å². The molecule has 17 heavy (non-hydrogen) atoms. The van der Waals surface area contributed by atoms with Crippen molar-refractivity contribution in [3.8, 4) is 0 Å². The van der Waals surface area contributed by atoms with Gasteiger partial charge in [0.05, 0.1) is 6.61 Å². The summed E-state index contributed by atoms with van der Waals surface area (Å²) in [6.07, 6.45) is 2.99. The Balaban J connectivity index is 2.24. The first kappa shape index (κ1) is 13.7. The van der Waals surface area contributed by atoms with Crippen LogP contribution in [0.15, 0.2) is 30.3 Å². The first-order chi connectivity index (χ1) is 8.24. The molecule has 0 aliphatic carbocycles. The van der Waals surface area contributed by atoms with Crippen molar-refractivity contribution in [3.63, 3.8) is 0 Å². The van der Waals surface area contributed by atoms with Gasteiger partial charge < -0.3 is 10.5 Å². The van der Waals surface area contributed by atoms with E-state index in [-0.39, 0.29) is 12.0 Å². The molecule has 0 aliphatic heterocycles. The maximum Gasteiger partial charge on any atom is 0.305 e. The zero-order chi connectivity index (χ0) is 12.5. The van der Waals surface area contributed by atoms with Crippen LogP contribution in [0.5, 0.6) is 0 Å². The molecule has 0 heterocycles. The van der Waals surface area contributed by atoms with E-state index >= 15 is 0 Å². The fourth-order valence-electron chi connectivity index (χ4n) is 1.54.